The topological polar surface area (TPSA) is 76.5 Å². The summed E-state index contributed by atoms with van der Waals surface area (Å²) in [5, 5.41) is 13.1. The van der Waals surface area contributed by atoms with E-state index in [9.17, 15) is 5.11 Å². The predicted octanol–water partition coefficient (Wildman–Crippen LogP) is 0.887. The Bertz CT molecular complexity index is 392. The van der Waals surface area contributed by atoms with Crippen LogP contribution in [0.1, 0.15) is 31.2 Å². The molecule has 1 aliphatic carbocycles. The second-order valence-electron chi connectivity index (χ2n) is 4.77. The fourth-order valence-electron chi connectivity index (χ4n) is 2.48. The molecular formula is C13H21N3O3. The van der Waals surface area contributed by atoms with Gasteiger partial charge in [0.05, 0.1) is 25.9 Å². The zero-order valence-corrected chi connectivity index (χ0v) is 11.4. The quantitative estimate of drug-likeness (QED) is 0.825. The third-order valence-electron chi connectivity index (χ3n) is 3.47. The molecule has 1 aliphatic rings. The second-order valence-corrected chi connectivity index (χ2v) is 4.77. The van der Waals surface area contributed by atoms with Crippen molar-refractivity contribution in [2.45, 2.75) is 44.4 Å². The van der Waals surface area contributed by atoms with Crippen LogP contribution in [-0.4, -0.2) is 41.4 Å². The summed E-state index contributed by atoms with van der Waals surface area (Å²) >= 11 is 0. The van der Waals surface area contributed by atoms with Crippen molar-refractivity contribution in [3.8, 4) is 11.8 Å². The first kappa shape index (κ1) is 14.0. The molecule has 0 bridgehead atoms. The maximum absolute atomic E-state index is 9.66. The normalized spacial score (nSPS) is 23.1. The van der Waals surface area contributed by atoms with Crippen molar-refractivity contribution < 1.29 is 14.6 Å². The molecule has 1 aromatic rings. The van der Waals surface area contributed by atoms with Crippen LogP contribution >= 0.6 is 0 Å². The monoisotopic (exact) mass is 267 g/mol. The van der Waals surface area contributed by atoms with Crippen molar-refractivity contribution in [2.75, 3.05) is 14.2 Å². The molecule has 1 heterocycles. The van der Waals surface area contributed by atoms with E-state index < -0.39 is 0 Å². The van der Waals surface area contributed by atoms with E-state index in [0.29, 0.717) is 24.3 Å². The Morgan fingerprint density at radius 2 is 1.95 bits per heavy atom. The van der Waals surface area contributed by atoms with Gasteiger partial charge in [-0.05, 0) is 25.7 Å². The summed E-state index contributed by atoms with van der Waals surface area (Å²) in [6.07, 6.45) is 5.05. The average molecular weight is 267 g/mol. The van der Waals surface area contributed by atoms with Crippen LogP contribution < -0.4 is 14.8 Å². The summed E-state index contributed by atoms with van der Waals surface area (Å²) in [6, 6.07) is 0.318. The van der Waals surface area contributed by atoms with Gasteiger partial charge in [0.15, 0.2) is 0 Å². The Kier molecular flexibility index (Phi) is 4.93. The summed E-state index contributed by atoms with van der Waals surface area (Å²) in [4.78, 5) is 8.16. The molecule has 1 aromatic heterocycles. The average Bonchev–Trinajstić information content (AvgIpc) is 2.44. The maximum atomic E-state index is 9.66. The fourth-order valence-corrected chi connectivity index (χ4v) is 2.48. The lowest BCUT2D eigenvalue weighted by atomic mass is 9.93. The van der Waals surface area contributed by atoms with Gasteiger partial charge < -0.3 is 19.9 Å². The van der Waals surface area contributed by atoms with Crippen LogP contribution in [-0.2, 0) is 6.54 Å². The zero-order chi connectivity index (χ0) is 13.7. The predicted molar refractivity (Wildman–Crippen MR) is 70.2 cm³/mol. The number of aromatic nitrogens is 2. The minimum absolute atomic E-state index is 0.193. The molecule has 2 unspecified atom stereocenters. The van der Waals surface area contributed by atoms with Crippen molar-refractivity contribution in [3.05, 3.63) is 11.9 Å². The van der Waals surface area contributed by atoms with E-state index in [1.165, 1.54) is 6.33 Å². The van der Waals surface area contributed by atoms with Crippen LogP contribution in [0.15, 0.2) is 6.33 Å². The number of hydrogen-bond donors (Lipinski definition) is 2. The van der Waals surface area contributed by atoms with Gasteiger partial charge in [-0.3, -0.25) is 0 Å². The summed E-state index contributed by atoms with van der Waals surface area (Å²) in [5.74, 6) is 1.05. The number of aliphatic hydroxyl groups is 1. The van der Waals surface area contributed by atoms with Gasteiger partial charge in [-0.2, -0.15) is 0 Å². The number of ether oxygens (including phenoxy) is 2. The molecule has 2 N–H and O–H groups in total. The highest BCUT2D eigenvalue weighted by atomic mass is 16.5. The molecule has 0 spiro atoms. The van der Waals surface area contributed by atoms with Crippen LogP contribution in [0.5, 0.6) is 11.8 Å². The molecule has 1 fully saturated rings. The molecular weight excluding hydrogens is 246 g/mol. The highest BCUT2D eigenvalue weighted by molar-refractivity contribution is 5.34. The first-order valence-electron chi connectivity index (χ1n) is 6.58. The molecule has 0 radical (unpaired) electrons. The lowest BCUT2D eigenvalue weighted by molar-refractivity contribution is 0.111. The SMILES string of the molecule is COc1ncnc(OC)c1CNC1CCCC(O)C1. The van der Waals surface area contributed by atoms with E-state index >= 15 is 0 Å². The molecule has 6 nitrogen and oxygen atoms in total. The fraction of sp³-hybridized carbons (Fsp3) is 0.692. The van der Waals surface area contributed by atoms with Crippen molar-refractivity contribution in [3.63, 3.8) is 0 Å². The van der Waals surface area contributed by atoms with Gasteiger partial charge in [-0.25, -0.2) is 9.97 Å². The molecule has 19 heavy (non-hydrogen) atoms. The number of nitrogens with zero attached hydrogens (tertiary/aromatic N) is 2. The minimum Gasteiger partial charge on any atom is -0.481 e. The van der Waals surface area contributed by atoms with Gasteiger partial charge in [0.1, 0.15) is 6.33 Å². The van der Waals surface area contributed by atoms with Crippen molar-refractivity contribution in [1.82, 2.24) is 15.3 Å². The molecule has 2 rings (SSSR count). The van der Waals surface area contributed by atoms with Gasteiger partial charge in [-0.15, -0.1) is 0 Å². The summed E-state index contributed by atoms with van der Waals surface area (Å²) in [6.45, 7) is 0.574. The van der Waals surface area contributed by atoms with Gasteiger partial charge in [0, 0.05) is 12.6 Å². The smallest absolute Gasteiger partial charge is 0.224 e. The Hall–Kier alpha value is -1.40. The van der Waals surface area contributed by atoms with Crippen molar-refractivity contribution >= 4 is 0 Å². The maximum Gasteiger partial charge on any atom is 0.224 e. The number of nitrogens with one attached hydrogen (secondary N) is 1. The lowest BCUT2D eigenvalue weighted by Gasteiger charge is -2.27. The number of methoxy groups -OCH3 is 2. The van der Waals surface area contributed by atoms with Crippen LogP contribution in [0.3, 0.4) is 0 Å². The first-order chi connectivity index (χ1) is 9.24. The molecule has 0 amide bonds. The molecule has 1 saturated carbocycles. The van der Waals surface area contributed by atoms with Gasteiger partial charge in [0.25, 0.3) is 0 Å². The Balaban J connectivity index is 2.01. The molecule has 2 atom stereocenters. The third-order valence-corrected chi connectivity index (χ3v) is 3.47. The summed E-state index contributed by atoms with van der Waals surface area (Å²) < 4.78 is 10.5. The highest BCUT2D eigenvalue weighted by Gasteiger charge is 2.21. The van der Waals surface area contributed by atoms with Gasteiger partial charge in [0.2, 0.25) is 11.8 Å². The van der Waals surface area contributed by atoms with Crippen molar-refractivity contribution in [2.24, 2.45) is 0 Å². The zero-order valence-electron chi connectivity index (χ0n) is 11.4. The Morgan fingerprint density at radius 1 is 1.26 bits per heavy atom. The molecule has 0 aromatic carbocycles. The van der Waals surface area contributed by atoms with E-state index in [4.69, 9.17) is 9.47 Å². The van der Waals surface area contributed by atoms with E-state index in [1.54, 1.807) is 14.2 Å². The minimum atomic E-state index is -0.193. The standard InChI is InChI=1S/C13H21N3O3/c1-18-12-11(13(19-2)16-8-15-12)7-14-9-4-3-5-10(17)6-9/h8-10,14,17H,3-7H2,1-2H3. The Labute approximate surface area is 113 Å². The number of rotatable bonds is 5. The largest absolute Gasteiger partial charge is 0.481 e. The second kappa shape index (κ2) is 6.68. The molecule has 6 heteroatoms. The van der Waals surface area contributed by atoms with E-state index in [0.717, 1.165) is 31.2 Å². The van der Waals surface area contributed by atoms with Gasteiger partial charge >= 0.3 is 0 Å². The first-order valence-corrected chi connectivity index (χ1v) is 6.58. The highest BCUT2D eigenvalue weighted by Crippen LogP contribution is 2.24. The number of aliphatic hydroxyl groups excluding tert-OH is 1. The molecule has 106 valence electrons. The Morgan fingerprint density at radius 3 is 2.53 bits per heavy atom. The third kappa shape index (κ3) is 3.54. The summed E-state index contributed by atoms with van der Waals surface area (Å²) in [7, 11) is 3.16. The van der Waals surface area contributed by atoms with E-state index in [1.807, 2.05) is 0 Å². The molecule has 0 aliphatic heterocycles. The van der Waals surface area contributed by atoms with E-state index in [-0.39, 0.29) is 6.10 Å². The summed E-state index contributed by atoms with van der Waals surface area (Å²) in [5.41, 5.74) is 0.813. The number of hydrogen-bond acceptors (Lipinski definition) is 6. The van der Waals surface area contributed by atoms with Gasteiger partial charge in [-0.1, -0.05) is 0 Å². The van der Waals surface area contributed by atoms with Crippen LogP contribution in [0, 0.1) is 0 Å². The van der Waals surface area contributed by atoms with Crippen LogP contribution in [0.2, 0.25) is 0 Å². The van der Waals surface area contributed by atoms with Crippen LogP contribution in [0.4, 0.5) is 0 Å². The van der Waals surface area contributed by atoms with E-state index in [2.05, 4.69) is 15.3 Å². The lowest BCUT2D eigenvalue weighted by Crippen LogP contribution is -2.35. The van der Waals surface area contributed by atoms with Crippen LogP contribution in [0.25, 0.3) is 0 Å². The molecule has 0 saturated heterocycles. The van der Waals surface area contributed by atoms with Crippen molar-refractivity contribution in [1.29, 1.82) is 0 Å².